The van der Waals surface area contributed by atoms with E-state index in [9.17, 15) is 4.79 Å². The van der Waals surface area contributed by atoms with Gasteiger partial charge in [-0.25, -0.2) is 4.79 Å². The van der Waals surface area contributed by atoms with Crippen molar-refractivity contribution in [1.29, 1.82) is 0 Å². The van der Waals surface area contributed by atoms with E-state index in [1.165, 1.54) is 7.11 Å². The van der Waals surface area contributed by atoms with Crippen LogP contribution in [0, 0.1) is 0 Å². The molecule has 0 bridgehead atoms. The number of rotatable bonds is 2. The number of carbonyl (C=O) groups is 1. The number of ether oxygens (including phenoxy) is 1. The minimum Gasteiger partial charge on any atom is -0.465 e. The molecule has 76 valence electrons. The molecule has 0 heterocycles. The molecule has 0 radical (unpaired) electrons. The molecule has 0 saturated carbocycles. The fourth-order valence-corrected chi connectivity index (χ4v) is 1.50. The largest absolute Gasteiger partial charge is 0.465 e. The molecule has 0 saturated heterocycles. The average molecular weight is 214 g/mol. The lowest BCUT2D eigenvalue weighted by atomic mass is 10.1. The number of benzene rings is 1. The van der Waals surface area contributed by atoms with Crippen LogP contribution < -0.4 is 5.73 Å². The number of methoxy groups -OCH3 is 1. The van der Waals surface area contributed by atoms with Crippen molar-refractivity contribution in [3.8, 4) is 0 Å². The number of anilines is 1. The van der Waals surface area contributed by atoms with Gasteiger partial charge in [0.2, 0.25) is 0 Å². The predicted octanol–water partition coefficient (Wildman–Crippen LogP) is 2.27. The summed E-state index contributed by atoms with van der Waals surface area (Å²) in [7, 11) is 1.32. The Hall–Kier alpha value is -1.22. The lowest BCUT2D eigenvalue weighted by Gasteiger charge is -2.07. The SMILES string of the molecule is CCc1cc(C(=O)OC)c(N)cc1Cl. The number of hydrogen-bond donors (Lipinski definition) is 1. The second-order valence-electron chi connectivity index (χ2n) is 2.88. The molecule has 1 aromatic rings. The number of aryl methyl sites for hydroxylation is 1. The van der Waals surface area contributed by atoms with E-state index in [1.807, 2.05) is 6.92 Å². The highest BCUT2D eigenvalue weighted by atomic mass is 35.5. The van der Waals surface area contributed by atoms with Gasteiger partial charge in [0, 0.05) is 10.7 Å². The maximum Gasteiger partial charge on any atom is 0.339 e. The van der Waals surface area contributed by atoms with Gasteiger partial charge in [-0.1, -0.05) is 18.5 Å². The van der Waals surface area contributed by atoms with E-state index in [4.69, 9.17) is 17.3 Å². The monoisotopic (exact) mass is 213 g/mol. The van der Waals surface area contributed by atoms with Crippen LogP contribution >= 0.6 is 11.6 Å². The molecule has 0 atom stereocenters. The summed E-state index contributed by atoms with van der Waals surface area (Å²) in [6, 6.07) is 3.25. The summed E-state index contributed by atoms with van der Waals surface area (Å²) in [4.78, 5) is 11.3. The van der Waals surface area contributed by atoms with Gasteiger partial charge in [0.15, 0.2) is 0 Å². The van der Waals surface area contributed by atoms with Crippen LogP contribution in [-0.4, -0.2) is 13.1 Å². The molecule has 0 aliphatic carbocycles. The molecular weight excluding hydrogens is 202 g/mol. The number of halogens is 1. The molecule has 1 aromatic carbocycles. The number of nitrogen functional groups attached to an aromatic ring is 1. The fourth-order valence-electron chi connectivity index (χ4n) is 1.19. The van der Waals surface area contributed by atoms with Crippen molar-refractivity contribution in [3.63, 3.8) is 0 Å². The van der Waals surface area contributed by atoms with Crippen LogP contribution in [0.4, 0.5) is 5.69 Å². The Morgan fingerprint density at radius 2 is 2.21 bits per heavy atom. The van der Waals surface area contributed by atoms with Crippen LogP contribution in [0.5, 0.6) is 0 Å². The Balaban J connectivity index is 3.24. The van der Waals surface area contributed by atoms with Crippen molar-refractivity contribution >= 4 is 23.3 Å². The van der Waals surface area contributed by atoms with Gasteiger partial charge in [-0.05, 0) is 24.1 Å². The average Bonchev–Trinajstić information content (AvgIpc) is 2.17. The fraction of sp³-hybridized carbons (Fsp3) is 0.300. The first-order valence-electron chi connectivity index (χ1n) is 4.26. The molecule has 0 aromatic heterocycles. The van der Waals surface area contributed by atoms with Crippen molar-refractivity contribution in [2.75, 3.05) is 12.8 Å². The molecule has 14 heavy (non-hydrogen) atoms. The Morgan fingerprint density at radius 3 is 2.71 bits per heavy atom. The standard InChI is InChI=1S/C10H12ClNO2/c1-3-6-4-7(10(13)14-2)9(12)5-8(6)11/h4-5H,3,12H2,1-2H3. The van der Waals surface area contributed by atoms with Gasteiger partial charge in [-0.2, -0.15) is 0 Å². The third kappa shape index (κ3) is 1.99. The highest BCUT2D eigenvalue weighted by molar-refractivity contribution is 6.31. The van der Waals surface area contributed by atoms with Crippen LogP contribution in [0.3, 0.4) is 0 Å². The molecule has 0 aliphatic heterocycles. The van der Waals surface area contributed by atoms with E-state index in [0.717, 1.165) is 12.0 Å². The molecule has 0 unspecified atom stereocenters. The number of carbonyl (C=O) groups excluding carboxylic acids is 1. The van der Waals surface area contributed by atoms with Gasteiger partial charge in [0.05, 0.1) is 12.7 Å². The maximum atomic E-state index is 11.3. The second-order valence-corrected chi connectivity index (χ2v) is 3.28. The summed E-state index contributed by atoms with van der Waals surface area (Å²) in [5, 5.41) is 0.581. The van der Waals surface area contributed by atoms with E-state index in [0.29, 0.717) is 16.3 Å². The summed E-state index contributed by atoms with van der Waals surface area (Å²) in [5.74, 6) is -0.436. The van der Waals surface area contributed by atoms with Crippen LogP contribution in [0.2, 0.25) is 5.02 Å². The van der Waals surface area contributed by atoms with Crippen molar-refractivity contribution in [1.82, 2.24) is 0 Å². The topological polar surface area (TPSA) is 52.3 Å². The van der Waals surface area contributed by atoms with Gasteiger partial charge in [0.1, 0.15) is 0 Å². The summed E-state index contributed by atoms with van der Waals surface area (Å²) in [6.45, 7) is 1.96. The minimum atomic E-state index is -0.436. The normalized spacial score (nSPS) is 9.93. The molecule has 4 heteroatoms. The second kappa shape index (κ2) is 4.33. The number of nitrogens with two attached hydrogens (primary N) is 1. The van der Waals surface area contributed by atoms with Gasteiger partial charge < -0.3 is 10.5 Å². The Morgan fingerprint density at radius 1 is 1.57 bits per heavy atom. The zero-order valence-corrected chi connectivity index (χ0v) is 8.89. The van der Waals surface area contributed by atoms with Gasteiger partial charge in [0.25, 0.3) is 0 Å². The van der Waals surface area contributed by atoms with Gasteiger partial charge in [-0.15, -0.1) is 0 Å². The molecular formula is C10H12ClNO2. The Labute approximate surface area is 87.8 Å². The van der Waals surface area contributed by atoms with Gasteiger partial charge in [-0.3, -0.25) is 0 Å². The van der Waals surface area contributed by atoms with Crippen molar-refractivity contribution < 1.29 is 9.53 Å². The highest BCUT2D eigenvalue weighted by Gasteiger charge is 2.12. The lowest BCUT2D eigenvalue weighted by molar-refractivity contribution is 0.0602. The quantitative estimate of drug-likeness (QED) is 0.606. The zero-order valence-electron chi connectivity index (χ0n) is 8.13. The Kier molecular flexibility index (Phi) is 3.36. The third-order valence-electron chi connectivity index (χ3n) is 2.00. The summed E-state index contributed by atoms with van der Waals surface area (Å²) >= 11 is 5.92. The summed E-state index contributed by atoms with van der Waals surface area (Å²) in [6.07, 6.45) is 0.753. The van der Waals surface area contributed by atoms with E-state index in [-0.39, 0.29) is 0 Å². The Bertz CT molecular complexity index is 363. The van der Waals surface area contributed by atoms with Crippen LogP contribution in [-0.2, 0) is 11.2 Å². The van der Waals surface area contributed by atoms with Gasteiger partial charge >= 0.3 is 5.97 Å². The van der Waals surface area contributed by atoms with E-state index in [1.54, 1.807) is 12.1 Å². The number of hydrogen-bond acceptors (Lipinski definition) is 3. The van der Waals surface area contributed by atoms with Crippen molar-refractivity contribution in [3.05, 3.63) is 28.3 Å². The minimum absolute atomic E-state index is 0.346. The smallest absolute Gasteiger partial charge is 0.339 e. The summed E-state index contributed by atoms with van der Waals surface area (Å²) in [5.41, 5.74) is 7.24. The first kappa shape index (κ1) is 10.9. The van der Waals surface area contributed by atoms with E-state index in [2.05, 4.69) is 4.74 Å². The highest BCUT2D eigenvalue weighted by Crippen LogP contribution is 2.24. The van der Waals surface area contributed by atoms with Crippen LogP contribution in [0.15, 0.2) is 12.1 Å². The molecule has 3 nitrogen and oxygen atoms in total. The number of esters is 1. The molecule has 2 N–H and O–H groups in total. The molecule has 0 amide bonds. The first-order valence-corrected chi connectivity index (χ1v) is 4.64. The van der Waals surface area contributed by atoms with E-state index < -0.39 is 5.97 Å². The van der Waals surface area contributed by atoms with Crippen LogP contribution in [0.1, 0.15) is 22.8 Å². The molecule has 1 rings (SSSR count). The maximum absolute atomic E-state index is 11.3. The molecule has 0 spiro atoms. The molecule has 0 fully saturated rings. The van der Waals surface area contributed by atoms with Crippen LogP contribution in [0.25, 0.3) is 0 Å². The van der Waals surface area contributed by atoms with Crippen molar-refractivity contribution in [2.45, 2.75) is 13.3 Å². The summed E-state index contributed by atoms with van der Waals surface area (Å²) < 4.78 is 4.59. The zero-order chi connectivity index (χ0) is 10.7. The molecule has 0 aliphatic rings. The van der Waals surface area contributed by atoms with E-state index >= 15 is 0 Å². The third-order valence-corrected chi connectivity index (χ3v) is 2.36. The first-order chi connectivity index (χ1) is 6.60. The lowest BCUT2D eigenvalue weighted by Crippen LogP contribution is -2.06. The van der Waals surface area contributed by atoms with Crippen molar-refractivity contribution in [2.24, 2.45) is 0 Å². The predicted molar refractivity (Wildman–Crippen MR) is 56.6 cm³/mol.